The number of hydrogen-bond donors (Lipinski definition) is 1. The third-order valence-corrected chi connectivity index (χ3v) is 3.64. The van der Waals surface area contributed by atoms with Gasteiger partial charge >= 0.3 is 0 Å². The molecule has 3 heteroatoms. The van der Waals surface area contributed by atoms with Crippen LogP contribution >= 0.6 is 0 Å². The van der Waals surface area contributed by atoms with Gasteiger partial charge < -0.3 is 9.88 Å². The Morgan fingerprint density at radius 3 is 2.44 bits per heavy atom. The predicted octanol–water partition coefficient (Wildman–Crippen LogP) is 2.41. The molecule has 1 aliphatic rings. The van der Waals surface area contributed by atoms with Gasteiger partial charge in [0.25, 0.3) is 0 Å². The first-order chi connectivity index (χ1) is 8.46. The lowest BCUT2D eigenvalue weighted by Crippen LogP contribution is -2.45. The highest BCUT2D eigenvalue weighted by Crippen LogP contribution is 2.34. The van der Waals surface area contributed by atoms with Crippen LogP contribution in [0.3, 0.4) is 0 Å². The molecule has 0 amide bonds. The average molecular weight is 249 g/mol. The minimum atomic E-state index is 0.366. The van der Waals surface area contributed by atoms with Crippen molar-refractivity contribution in [3.63, 3.8) is 0 Å². The van der Waals surface area contributed by atoms with E-state index >= 15 is 0 Å². The van der Waals surface area contributed by atoms with Crippen molar-refractivity contribution >= 4 is 0 Å². The van der Waals surface area contributed by atoms with Crippen LogP contribution in [-0.4, -0.2) is 35.6 Å². The van der Waals surface area contributed by atoms with Gasteiger partial charge in [0.2, 0.25) is 0 Å². The molecule has 1 N–H and O–H groups in total. The van der Waals surface area contributed by atoms with E-state index in [0.717, 1.165) is 26.2 Å². The first kappa shape index (κ1) is 13.6. The molecule has 2 rings (SSSR count). The first-order valence-corrected chi connectivity index (χ1v) is 7.02. The second-order valence-corrected chi connectivity index (χ2v) is 6.68. The molecule has 18 heavy (non-hydrogen) atoms. The summed E-state index contributed by atoms with van der Waals surface area (Å²) < 4.78 is 2.16. The third kappa shape index (κ3) is 3.59. The van der Waals surface area contributed by atoms with Gasteiger partial charge in [-0.15, -0.1) is 0 Å². The Balaban J connectivity index is 2.16. The molecule has 1 unspecified atom stereocenters. The van der Waals surface area contributed by atoms with Crippen LogP contribution in [0.5, 0.6) is 0 Å². The molecular weight excluding hydrogens is 222 g/mol. The maximum absolute atomic E-state index is 3.44. The summed E-state index contributed by atoms with van der Waals surface area (Å²) in [7, 11) is 2.11. The fourth-order valence-corrected chi connectivity index (χ4v) is 2.75. The first-order valence-electron chi connectivity index (χ1n) is 7.02. The van der Waals surface area contributed by atoms with E-state index < -0.39 is 0 Å². The summed E-state index contributed by atoms with van der Waals surface area (Å²) >= 11 is 0. The second kappa shape index (κ2) is 5.45. The van der Waals surface area contributed by atoms with E-state index in [0.29, 0.717) is 11.5 Å². The van der Waals surface area contributed by atoms with Gasteiger partial charge in [0.05, 0.1) is 0 Å². The molecule has 102 valence electrons. The molecule has 1 aromatic rings. The minimum absolute atomic E-state index is 0.366. The van der Waals surface area contributed by atoms with Crippen LogP contribution in [0.25, 0.3) is 0 Å². The van der Waals surface area contributed by atoms with Gasteiger partial charge in [0, 0.05) is 51.7 Å². The molecule has 1 saturated heterocycles. The van der Waals surface area contributed by atoms with Crippen molar-refractivity contribution in [2.45, 2.75) is 33.2 Å². The number of nitrogens with one attached hydrogen (secondary N) is 1. The minimum Gasteiger partial charge on any atom is -0.357 e. The highest BCUT2D eigenvalue weighted by molar-refractivity contribution is 5.16. The van der Waals surface area contributed by atoms with Crippen molar-refractivity contribution in [3.8, 4) is 0 Å². The maximum atomic E-state index is 3.44. The number of hydrogen-bond acceptors (Lipinski definition) is 2. The van der Waals surface area contributed by atoms with Gasteiger partial charge in [-0.3, -0.25) is 4.90 Å². The molecule has 1 aromatic heterocycles. The smallest absolute Gasteiger partial charge is 0.0369 e. The normalized spacial score (nSPS) is 20.0. The highest BCUT2D eigenvalue weighted by atomic mass is 15.2. The molecule has 3 nitrogen and oxygen atoms in total. The topological polar surface area (TPSA) is 20.2 Å². The molecule has 0 aliphatic carbocycles. The number of piperazine rings is 1. The Bertz CT molecular complexity index is 369. The summed E-state index contributed by atoms with van der Waals surface area (Å²) in [5, 5.41) is 3.44. The zero-order valence-corrected chi connectivity index (χ0v) is 12.2. The lowest BCUT2D eigenvalue weighted by Gasteiger charge is -2.38. The van der Waals surface area contributed by atoms with Gasteiger partial charge in [0.1, 0.15) is 0 Å². The van der Waals surface area contributed by atoms with Crippen LogP contribution in [0.1, 0.15) is 38.8 Å². The van der Waals surface area contributed by atoms with Crippen molar-refractivity contribution in [2.75, 3.05) is 26.2 Å². The highest BCUT2D eigenvalue weighted by Gasteiger charge is 2.27. The molecule has 1 atom stereocenters. The number of nitrogens with zero attached hydrogens (tertiary/aromatic N) is 2. The van der Waals surface area contributed by atoms with Crippen LogP contribution in [0, 0.1) is 5.41 Å². The second-order valence-electron chi connectivity index (χ2n) is 6.68. The Kier molecular flexibility index (Phi) is 4.13. The van der Waals surface area contributed by atoms with Crippen molar-refractivity contribution in [3.05, 3.63) is 24.0 Å². The number of aromatic nitrogens is 1. The lowest BCUT2D eigenvalue weighted by molar-refractivity contribution is 0.132. The molecule has 0 radical (unpaired) electrons. The van der Waals surface area contributed by atoms with E-state index in [2.05, 4.69) is 61.1 Å². The van der Waals surface area contributed by atoms with Crippen molar-refractivity contribution in [2.24, 2.45) is 12.5 Å². The van der Waals surface area contributed by atoms with Gasteiger partial charge in [-0.1, -0.05) is 20.8 Å². The predicted molar refractivity (Wildman–Crippen MR) is 76.7 cm³/mol. The molecule has 1 fully saturated rings. The number of rotatable bonds is 3. The van der Waals surface area contributed by atoms with E-state index in [1.165, 1.54) is 12.0 Å². The summed E-state index contributed by atoms with van der Waals surface area (Å²) in [5.74, 6) is 0. The fraction of sp³-hybridized carbons (Fsp3) is 0.733. The average Bonchev–Trinajstić information content (AvgIpc) is 2.73. The van der Waals surface area contributed by atoms with Crippen LogP contribution in [0.15, 0.2) is 18.5 Å². The van der Waals surface area contributed by atoms with Crippen LogP contribution in [-0.2, 0) is 7.05 Å². The fourth-order valence-electron chi connectivity index (χ4n) is 2.75. The van der Waals surface area contributed by atoms with Crippen LogP contribution < -0.4 is 5.32 Å². The monoisotopic (exact) mass is 249 g/mol. The van der Waals surface area contributed by atoms with Crippen molar-refractivity contribution < 1.29 is 0 Å². The quantitative estimate of drug-likeness (QED) is 0.888. The molecule has 1 aliphatic heterocycles. The van der Waals surface area contributed by atoms with E-state index in [1.54, 1.807) is 0 Å². The maximum Gasteiger partial charge on any atom is 0.0369 e. The summed E-state index contributed by atoms with van der Waals surface area (Å²) in [5.41, 5.74) is 1.83. The molecule has 0 saturated carbocycles. The summed E-state index contributed by atoms with van der Waals surface area (Å²) in [6, 6.07) is 2.84. The molecule has 2 heterocycles. The lowest BCUT2D eigenvalue weighted by atomic mass is 9.85. The zero-order valence-electron chi connectivity index (χ0n) is 12.2. The van der Waals surface area contributed by atoms with Gasteiger partial charge in [0.15, 0.2) is 0 Å². The van der Waals surface area contributed by atoms with E-state index in [-0.39, 0.29) is 0 Å². The van der Waals surface area contributed by atoms with Gasteiger partial charge in [-0.05, 0) is 23.5 Å². The summed E-state index contributed by atoms with van der Waals surface area (Å²) in [4.78, 5) is 2.64. The molecule has 0 spiro atoms. The molecule has 0 aromatic carbocycles. The van der Waals surface area contributed by atoms with E-state index in [4.69, 9.17) is 0 Å². The zero-order chi connectivity index (χ0) is 13.2. The van der Waals surface area contributed by atoms with E-state index in [9.17, 15) is 0 Å². The van der Waals surface area contributed by atoms with Crippen LogP contribution in [0.4, 0.5) is 0 Å². The Morgan fingerprint density at radius 2 is 1.94 bits per heavy atom. The van der Waals surface area contributed by atoms with Crippen molar-refractivity contribution in [1.29, 1.82) is 0 Å². The molecule has 0 bridgehead atoms. The van der Waals surface area contributed by atoms with Gasteiger partial charge in [-0.2, -0.15) is 0 Å². The Labute approximate surface area is 111 Å². The Morgan fingerprint density at radius 1 is 1.28 bits per heavy atom. The standard InChI is InChI=1S/C15H27N3/c1-15(2,3)11-14(13-5-8-17(4)12-13)18-9-6-16-7-10-18/h5,8,12,14,16H,6-7,9-11H2,1-4H3. The van der Waals surface area contributed by atoms with Crippen LogP contribution in [0.2, 0.25) is 0 Å². The van der Waals surface area contributed by atoms with E-state index in [1.807, 2.05) is 0 Å². The van der Waals surface area contributed by atoms with Crippen molar-refractivity contribution in [1.82, 2.24) is 14.8 Å². The largest absolute Gasteiger partial charge is 0.357 e. The third-order valence-electron chi connectivity index (χ3n) is 3.64. The molecular formula is C15H27N3. The number of aryl methyl sites for hydroxylation is 1. The summed E-state index contributed by atoms with van der Waals surface area (Å²) in [6.07, 6.45) is 5.66. The summed E-state index contributed by atoms with van der Waals surface area (Å²) in [6.45, 7) is 11.6. The Hall–Kier alpha value is -0.800. The SMILES string of the molecule is Cn1ccc(C(CC(C)(C)C)N2CCNCC2)c1. The van der Waals surface area contributed by atoms with Gasteiger partial charge in [-0.25, -0.2) is 0 Å².